The van der Waals surface area contributed by atoms with Gasteiger partial charge in [0, 0.05) is 30.9 Å². The highest BCUT2D eigenvalue weighted by Crippen LogP contribution is 2.24. The van der Waals surface area contributed by atoms with Crippen molar-refractivity contribution in [2.75, 3.05) is 24.5 Å². The molecule has 0 aromatic heterocycles. The molecule has 1 aliphatic rings. The van der Waals surface area contributed by atoms with E-state index in [-0.39, 0.29) is 6.10 Å². The van der Waals surface area contributed by atoms with Gasteiger partial charge >= 0.3 is 0 Å². The number of nitrogens with one attached hydrogen (secondary N) is 1. The molecule has 0 amide bonds. The van der Waals surface area contributed by atoms with E-state index < -0.39 is 0 Å². The van der Waals surface area contributed by atoms with Crippen LogP contribution < -0.4 is 15.0 Å². The van der Waals surface area contributed by atoms with Crippen molar-refractivity contribution in [1.82, 2.24) is 5.32 Å². The maximum Gasteiger partial charge on any atom is 0.121 e. The van der Waals surface area contributed by atoms with Crippen molar-refractivity contribution >= 4 is 5.69 Å². The molecule has 1 fully saturated rings. The Bertz CT molecular complexity index is 421. The lowest BCUT2D eigenvalue weighted by molar-refractivity contribution is 0.217. The van der Waals surface area contributed by atoms with Gasteiger partial charge in [0.05, 0.1) is 6.10 Å². The lowest BCUT2D eigenvalue weighted by Crippen LogP contribution is -2.37. The molecule has 0 spiro atoms. The summed E-state index contributed by atoms with van der Waals surface area (Å²) in [5, 5.41) is 3.67. The summed E-state index contributed by atoms with van der Waals surface area (Å²) in [4.78, 5) is 2.50. The maximum absolute atomic E-state index is 5.96. The third-order valence-corrected chi connectivity index (χ3v) is 4.21. The van der Waals surface area contributed by atoms with Gasteiger partial charge in [-0.15, -0.1) is 0 Å². The topological polar surface area (TPSA) is 24.5 Å². The molecule has 0 bridgehead atoms. The van der Waals surface area contributed by atoms with Gasteiger partial charge in [-0.3, -0.25) is 0 Å². The molecule has 1 N–H and O–H groups in total. The highest BCUT2D eigenvalue weighted by molar-refractivity contribution is 5.51. The minimum Gasteiger partial charge on any atom is -0.491 e. The second-order valence-corrected chi connectivity index (χ2v) is 6.07. The van der Waals surface area contributed by atoms with Crippen LogP contribution in [0.1, 0.15) is 46.5 Å². The van der Waals surface area contributed by atoms with Crippen LogP contribution in [0.25, 0.3) is 0 Å². The van der Waals surface area contributed by atoms with Crippen LogP contribution in [0.2, 0.25) is 0 Å². The zero-order chi connectivity index (χ0) is 15.1. The Morgan fingerprint density at radius 1 is 1.38 bits per heavy atom. The third-order valence-electron chi connectivity index (χ3n) is 4.21. The van der Waals surface area contributed by atoms with Crippen LogP contribution in [-0.2, 0) is 0 Å². The second kappa shape index (κ2) is 8.28. The molecular weight excluding hydrogens is 260 g/mol. The van der Waals surface area contributed by atoms with E-state index in [1.165, 1.54) is 24.9 Å². The van der Waals surface area contributed by atoms with Gasteiger partial charge in [-0.05, 0) is 44.9 Å². The number of rotatable bonds is 6. The minimum atomic E-state index is 0.277. The van der Waals surface area contributed by atoms with E-state index in [9.17, 15) is 0 Å². The Kier molecular flexibility index (Phi) is 6.37. The van der Waals surface area contributed by atoms with Gasteiger partial charge in [-0.1, -0.05) is 26.3 Å². The van der Waals surface area contributed by atoms with Crippen LogP contribution in [0, 0.1) is 0 Å². The van der Waals surface area contributed by atoms with Crippen molar-refractivity contribution in [3.05, 3.63) is 24.3 Å². The van der Waals surface area contributed by atoms with E-state index in [0.29, 0.717) is 6.04 Å². The number of benzene rings is 1. The second-order valence-electron chi connectivity index (χ2n) is 6.07. The predicted octanol–water partition coefficient (Wildman–Crippen LogP) is 3.83. The number of hydrogen-bond acceptors (Lipinski definition) is 3. The molecule has 3 heteroatoms. The van der Waals surface area contributed by atoms with Crippen LogP contribution >= 0.6 is 0 Å². The molecule has 1 aromatic carbocycles. The summed E-state index contributed by atoms with van der Waals surface area (Å²) < 4.78 is 5.96. The first-order chi connectivity index (χ1) is 10.2. The summed E-state index contributed by atoms with van der Waals surface area (Å²) >= 11 is 0. The molecule has 1 heterocycles. The Morgan fingerprint density at radius 3 is 3.00 bits per heavy atom. The fourth-order valence-electron chi connectivity index (χ4n) is 2.84. The first-order valence-electron chi connectivity index (χ1n) is 8.48. The standard InChI is InChI=1S/C18H30N2O/c1-4-8-16-14-20(12-7-11-19-16)17-9-6-10-18(13-17)21-15(3)5-2/h6,9-10,13,15-16,19H,4-5,7-8,11-12,14H2,1-3H3. The van der Waals surface area contributed by atoms with Crippen LogP contribution in [0.4, 0.5) is 5.69 Å². The predicted molar refractivity (Wildman–Crippen MR) is 90.4 cm³/mol. The number of nitrogens with zero attached hydrogens (tertiary/aromatic N) is 1. The van der Waals surface area contributed by atoms with Crippen LogP contribution in [-0.4, -0.2) is 31.8 Å². The smallest absolute Gasteiger partial charge is 0.121 e. The van der Waals surface area contributed by atoms with E-state index >= 15 is 0 Å². The summed E-state index contributed by atoms with van der Waals surface area (Å²) in [6, 6.07) is 9.19. The summed E-state index contributed by atoms with van der Waals surface area (Å²) in [6.07, 6.45) is 5.01. The van der Waals surface area contributed by atoms with E-state index in [1.807, 2.05) is 0 Å². The molecule has 2 unspecified atom stereocenters. The lowest BCUT2D eigenvalue weighted by atomic mass is 10.1. The lowest BCUT2D eigenvalue weighted by Gasteiger charge is -2.27. The molecule has 3 nitrogen and oxygen atoms in total. The van der Waals surface area contributed by atoms with Gasteiger partial charge < -0.3 is 15.0 Å². The monoisotopic (exact) mass is 290 g/mol. The average Bonchev–Trinajstić information content (AvgIpc) is 2.73. The van der Waals surface area contributed by atoms with Crippen molar-refractivity contribution in [3.63, 3.8) is 0 Å². The molecule has 1 aromatic rings. The normalized spacial score (nSPS) is 20.9. The Hall–Kier alpha value is -1.22. The SMILES string of the molecule is CCCC1CN(c2cccc(OC(C)CC)c2)CCCN1. The fourth-order valence-corrected chi connectivity index (χ4v) is 2.84. The van der Waals surface area contributed by atoms with Crippen molar-refractivity contribution in [2.24, 2.45) is 0 Å². The van der Waals surface area contributed by atoms with Crippen molar-refractivity contribution in [1.29, 1.82) is 0 Å². The van der Waals surface area contributed by atoms with E-state index in [1.54, 1.807) is 0 Å². The molecule has 2 rings (SSSR count). The van der Waals surface area contributed by atoms with Gasteiger partial charge in [-0.25, -0.2) is 0 Å². The largest absolute Gasteiger partial charge is 0.491 e. The Morgan fingerprint density at radius 2 is 2.24 bits per heavy atom. The zero-order valence-electron chi connectivity index (χ0n) is 13.8. The quantitative estimate of drug-likeness (QED) is 0.861. The van der Waals surface area contributed by atoms with Crippen molar-refractivity contribution in [2.45, 2.75) is 58.6 Å². The van der Waals surface area contributed by atoms with Gasteiger partial charge in [0.1, 0.15) is 5.75 Å². The molecule has 0 radical (unpaired) electrons. The number of anilines is 1. The van der Waals surface area contributed by atoms with Crippen LogP contribution in [0.3, 0.4) is 0 Å². The molecule has 1 aliphatic heterocycles. The van der Waals surface area contributed by atoms with Crippen molar-refractivity contribution < 1.29 is 4.74 Å². The van der Waals surface area contributed by atoms with Gasteiger partial charge in [-0.2, -0.15) is 0 Å². The molecule has 0 aliphatic carbocycles. The summed E-state index contributed by atoms with van der Waals surface area (Å²) in [7, 11) is 0. The van der Waals surface area contributed by atoms with Crippen molar-refractivity contribution in [3.8, 4) is 5.75 Å². The zero-order valence-corrected chi connectivity index (χ0v) is 13.8. The summed E-state index contributed by atoms with van der Waals surface area (Å²) in [6.45, 7) is 9.90. The van der Waals surface area contributed by atoms with Gasteiger partial charge in [0.25, 0.3) is 0 Å². The Labute approximate surface area is 129 Å². The average molecular weight is 290 g/mol. The highest BCUT2D eigenvalue weighted by Gasteiger charge is 2.17. The fraction of sp³-hybridized carbons (Fsp3) is 0.667. The number of hydrogen-bond donors (Lipinski definition) is 1. The minimum absolute atomic E-state index is 0.277. The van der Waals surface area contributed by atoms with Crippen LogP contribution in [0.5, 0.6) is 5.75 Å². The first-order valence-corrected chi connectivity index (χ1v) is 8.48. The molecule has 2 atom stereocenters. The maximum atomic E-state index is 5.96. The summed E-state index contributed by atoms with van der Waals surface area (Å²) in [5.74, 6) is 0.992. The third kappa shape index (κ3) is 4.92. The van der Waals surface area contributed by atoms with E-state index in [0.717, 1.165) is 31.8 Å². The van der Waals surface area contributed by atoms with E-state index in [2.05, 4.69) is 55.3 Å². The Balaban J connectivity index is 2.06. The summed E-state index contributed by atoms with van der Waals surface area (Å²) in [5.41, 5.74) is 1.29. The van der Waals surface area contributed by atoms with E-state index in [4.69, 9.17) is 4.74 Å². The molecule has 118 valence electrons. The highest BCUT2D eigenvalue weighted by atomic mass is 16.5. The molecule has 21 heavy (non-hydrogen) atoms. The van der Waals surface area contributed by atoms with Gasteiger partial charge in [0.2, 0.25) is 0 Å². The molecule has 0 saturated carbocycles. The molecular formula is C18H30N2O. The number of ether oxygens (including phenoxy) is 1. The van der Waals surface area contributed by atoms with Gasteiger partial charge in [0.15, 0.2) is 0 Å². The van der Waals surface area contributed by atoms with Crippen LogP contribution in [0.15, 0.2) is 24.3 Å². The first kappa shape index (κ1) is 16.2. The molecule has 1 saturated heterocycles.